The molecule has 1 aliphatic heterocycles. The van der Waals surface area contributed by atoms with Gasteiger partial charge in [-0.15, -0.1) is 5.10 Å². The molecule has 126 valence electrons. The van der Waals surface area contributed by atoms with E-state index in [1.807, 2.05) is 29.2 Å². The maximum absolute atomic E-state index is 12.8. The van der Waals surface area contributed by atoms with E-state index in [4.69, 9.17) is 4.74 Å². The van der Waals surface area contributed by atoms with Gasteiger partial charge in [0.2, 0.25) is 5.91 Å². The van der Waals surface area contributed by atoms with Crippen molar-refractivity contribution in [3.05, 3.63) is 30.5 Å². The van der Waals surface area contributed by atoms with E-state index in [1.54, 1.807) is 6.20 Å². The van der Waals surface area contributed by atoms with Crippen LogP contribution in [-0.4, -0.2) is 52.1 Å². The first kappa shape index (κ1) is 15.8. The second-order valence-electron chi connectivity index (χ2n) is 6.37. The highest BCUT2D eigenvalue weighted by Crippen LogP contribution is 2.30. The van der Waals surface area contributed by atoms with E-state index in [0.29, 0.717) is 18.9 Å². The molecular weight excluding hydrogens is 322 g/mol. The summed E-state index contributed by atoms with van der Waals surface area (Å²) in [6.07, 6.45) is 6.54. The van der Waals surface area contributed by atoms with Crippen molar-refractivity contribution in [3.8, 4) is 0 Å². The molecule has 1 saturated carbocycles. The number of benzene rings is 1. The number of carbonyl (C=O) groups is 1. The van der Waals surface area contributed by atoms with Gasteiger partial charge in [-0.2, -0.15) is 5.10 Å². The molecule has 2 aromatic rings. The molecule has 4 rings (SSSR count). The Kier molecular flexibility index (Phi) is 4.67. The first-order valence-corrected chi connectivity index (χ1v) is 9.56. The number of hydrogen-bond donors (Lipinski definition) is 0. The molecule has 2 aliphatic rings. The van der Waals surface area contributed by atoms with Gasteiger partial charge in [-0.3, -0.25) is 4.79 Å². The lowest BCUT2D eigenvalue weighted by Crippen LogP contribution is -2.55. The first-order chi connectivity index (χ1) is 11.8. The number of ether oxygens (including phenoxy) is 1. The molecule has 1 aliphatic carbocycles. The van der Waals surface area contributed by atoms with E-state index in [-0.39, 0.29) is 18.1 Å². The summed E-state index contributed by atoms with van der Waals surface area (Å²) in [4.78, 5) is 14.8. The Balaban J connectivity index is 1.46. The number of carbonyl (C=O) groups excluding carboxylic acids is 1. The minimum absolute atomic E-state index is 0.190. The normalized spacial score (nSPS) is 23.9. The number of amides is 1. The molecule has 0 radical (unpaired) electrons. The standard InChI is InChI=1S/C18H21N3O2S/c22-17(21-9-10-23-16-8-4-3-7-15(16)21)12-24-18-14-6-2-1-5-13(14)11-19-20-18/h1-2,5-6,11,15-16H,3-4,7-10,12H2/t15-,16-/m1/s1. The molecule has 1 saturated heterocycles. The summed E-state index contributed by atoms with van der Waals surface area (Å²) in [7, 11) is 0. The van der Waals surface area contributed by atoms with Crippen molar-refractivity contribution >= 4 is 28.4 Å². The molecule has 1 aromatic heterocycles. The summed E-state index contributed by atoms with van der Waals surface area (Å²) < 4.78 is 5.86. The van der Waals surface area contributed by atoms with Crippen LogP contribution in [0.2, 0.25) is 0 Å². The second-order valence-corrected chi connectivity index (χ2v) is 7.34. The Morgan fingerprint density at radius 3 is 3.12 bits per heavy atom. The predicted octanol–water partition coefficient (Wildman–Crippen LogP) is 2.89. The summed E-state index contributed by atoms with van der Waals surface area (Å²) in [5.74, 6) is 0.598. The van der Waals surface area contributed by atoms with Gasteiger partial charge in [-0.05, 0) is 12.8 Å². The molecule has 2 atom stereocenters. The number of aromatic nitrogens is 2. The van der Waals surface area contributed by atoms with E-state index in [1.165, 1.54) is 24.6 Å². The van der Waals surface area contributed by atoms with Gasteiger partial charge in [-0.25, -0.2) is 0 Å². The molecule has 6 heteroatoms. The second kappa shape index (κ2) is 7.07. The Labute approximate surface area is 145 Å². The third-order valence-electron chi connectivity index (χ3n) is 4.92. The average molecular weight is 343 g/mol. The Morgan fingerprint density at radius 2 is 2.17 bits per heavy atom. The van der Waals surface area contributed by atoms with Crippen molar-refractivity contribution in [3.63, 3.8) is 0 Å². The van der Waals surface area contributed by atoms with Crippen LogP contribution in [0.3, 0.4) is 0 Å². The predicted molar refractivity (Wildman–Crippen MR) is 94.0 cm³/mol. The smallest absolute Gasteiger partial charge is 0.233 e. The zero-order valence-corrected chi connectivity index (χ0v) is 14.4. The Bertz CT molecular complexity index is 732. The van der Waals surface area contributed by atoms with E-state index in [9.17, 15) is 4.79 Å². The molecule has 2 fully saturated rings. The number of rotatable bonds is 3. The number of thioether (sulfide) groups is 1. The number of morpholine rings is 1. The number of hydrogen-bond acceptors (Lipinski definition) is 5. The zero-order valence-electron chi connectivity index (χ0n) is 13.6. The van der Waals surface area contributed by atoms with Crippen molar-refractivity contribution in [2.75, 3.05) is 18.9 Å². The molecule has 0 N–H and O–H groups in total. The van der Waals surface area contributed by atoms with Gasteiger partial charge >= 0.3 is 0 Å². The van der Waals surface area contributed by atoms with E-state index in [2.05, 4.69) is 10.2 Å². The number of nitrogens with zero attached hydrogens (tertiary/aromatic N) is 3. The highest BCUT2D eigenvalue weighted by atomic mass is 32.2. The summed E-state index contributed by atoms with van der Waals surface area (Å²) >= 11 is 1.49. The molecule has 1 aromatic carbocycles. The van der Waals surface area contributed by atoms with Gasteiger partial charge in [0.15, 0.2) is 0 Å². The van der Waals surface area contributed by atoms with Crippen molar-refractivity contribution < 1.29 is 9.53 Å². The van der Waals surface area contributed by atoms with Gasteiger partial charge in [0, 0.05) is 17.3 Å². The van der Waals surface area contributed by atoms with Crippen LogP contribution in [0.25, 0.3) is 10.8 Å². The average Bonchev–Trinajstić information content (AvgIpc) is 2.65. The highest BCUT2D eigenvalue weighted by Gasteiger charge is 2.36. The van der Waals surface area contributed by atoms with Crippen LogP contribution in [0.4, 0.5) is 0 Å². The van der Waals surface area contributed by atoms with Gasteiger partial charge in [0.25, 0.3) is 0 Å². The molecule has 0 unspecified atom stereocenters. The fourth-order valence-corrected chi connectivity index (χ4v) is 4.60. The lowest BCUT2D eigenvalue weighted by molar-refractivity contribution is -0.146. The quantitative estimate of drug-likeness (QED) is 0.802. The van der Waals surface area contributed by atoms with Crippen LogP contribution in [0.5, 0.6) is 0 Å². The van der Waals surface area contributed by atoms with Crippen LogP contribution in [0, 0.1) is 0 Å². The van der Waals surface area contributed by atoms with E-state index >= 15 is 0 Å². The van der Waals surface area contributed by atoms with Crippen LogP contribution in [0.1, 0.15) is 25.7 Å². The molecule has 2 heterocycles. The van der Waals surface area contributed by atoms with E-state index in [0.717, 1.165) is 28.6 Å². The largest absolute Gasteiger partial charge is 0.374 e. The Morgan fingerprint density at radius 1 is 1.29 bits per heavy atom. The van der Waals surface area contributed by atoms with E-state index < -0.39 is 0 Å². The van der Waals surface area contributed by atoms with Crippen molar-refractivity contribution in [1.29, 1.82) is 0 Å². The van der Waals surface area contributed by atoms with Crippen LogP contribution >= 0.6 is 11.8 Å². The monoisotopic (exact) mass is 343 g/mol. The summed E-state index contributed by atoms with van der Waals surface area (Å²) in [6.45, 7) is 1.37. The van der Waals surface area contributed by atoms with Crippen LogP contribution in [0.15, 0.2) is 35.5 Å². The fourth-order valence-electron chi connectivity index (χ4n) is 3.73. The lowest BCUT2D eigenvalue weighted by Gasteiger charge is -2.43. The van der Waals surface area contributed by atoms with Crippen molar-refractivity contribution in [1.82, 2.24) is 15.1 Å². The number of fused-ring (bicyclic) bond motifs is 2. The Hall–Kier alpha value is -1.66. The van der Waals surface area contributed by atoms with Gasteiger partial charge in [-0.1, -0.05) is 48.9 Å². The van der Waals surface area contributed by atoms with Crippen molar-refractivity contribution in [2.45, 2.75) is 42.9 Å². The van der Waals surface area contributed by atoms with Crippen molar-refractivity contribution in [2.24, 2.45) is 0 Å². The minimum atomic E-state index is 0.190. The third kappa shape index (κ3) is 3.13. The zero-order chi connectivity index (χ0) is 16.4. The van der Waals surface area contributed by atoms with Gasteiger partial charge < -0.3 is 9.64 Å². The van der Waals surface area contributed by atoms with Crippen LogP contribution < -0.4 is 0 Å². The third-order valence-corrected chi connectivity index (χ3v) is 5.89. The maximum Gasteiger partial charge on any atom is 0.233 e. The summed E-state index contributed by atoms with van der Waals surface area (Å²) in [5.41, 5.74) is 0. The molecule has 24 heavy (non-hydrogen) atoms. The summed E-state index contributed by atoms with van der Waals surface area (Å²) in [5, 5.41) is 11.2. The molecule has 1 amide bonds. The highest BCUT2D eigenvalue weighted by molar-refractivity contribution is 8.00. The molecule has 0 spiro atoms. The minimum Gasteiger partial charge on any atom is -0.374 e. The fraction of sp³-hybridized carbons (Fsp3) is 0.500. The van der Waals surface area contributed by atoms with Gasteiger partial charge in [0.05, 0.1) is 30.7 Å². The first-order valence-electron chi connectivity index (χ1n) is 8.57. The van der Waals surface area contributed by atoms with Crippen LogP contribution in [-0.2, 0) is 9.53 Å². The summed E-state index contributed by atoms with van der Waals surface area (Å²) in [6, 6.07) is 8.29. The SMILES string of the molecule is O=C(CSc1nncc2ccccc12)N1CCO[C@@H]2CCCC[C@H]21. The molecular formula is C18H21N3O2S. The topological polar surface area (TPSA) is 55.3 Å². The maximum atomic E-state index is 12.8. The molecule has 5 nitrogen and oxygen atoms in total. The molecule has 0 bridgehead atoms. The van der Waals surface area contributed by atoms with Gasteiger partial charge in [0.1, 0.15) is 5.03 Å². The lowest BCUT2D eigenvalue weighted by atomic mass is 9.90.